The zero-order chi connectivity index (χ0) is 55.9. The Bertz CT molecular complexity index is 2580. The van der Waals surface area contributed by atoms with Crippen molar-refractivity contribution in [1.82, 2.24) is 40.0 Å². The van der Waals surface area contributed by atoms with Gasteiger partial charge in [0.25, 0.3) is 11.8 Å². The average molecular weight is 1140 g/mol. The number of anilines is 1. The summed E-state index contributed by atoms with van der Waals surface area (Å²) in [5, 5.41) is 48.8. The summed E-state index contributed by atoms with van der Waals surface area (Å²) in [4.78, 5) is 91.4. The van der Waals surface area contributed by atoms with E-state index in [1.807, 2.05) is 0 Å². The number of aromatic nitrogens is 4. The highest BCUT2D eigenvalue weighted by Crippen LogP contribution is 2.47. The number of unbranched alkanes of at least 4 members (excludes halogenated alkanes) is 1. The normalized spacial score (nSPS) is 30.2. The molecule has 4 fully saturated rings. The molecule has 4 aliphatic heterocycles. The topological polar surface area (TPSA) is 438 Å². The molecule has 0 radical (unpaired) electrons. The molecule has 6 aliphatic rings. The van der Waals surface area contributed by atoms with E-state index in [2.05, 4.69) is 64.6 Å². The third-order valence-corrected chi connectivity index (χ3v) is 14.1. The van der Waals surface area contributed by atoms with Gasteiger partial charge in [-0.25, -0.2) is 28.6 Å². The van der Waals surface area contributed by atoms with Gasteiger partial charge in [0, 0.05) is 56.1 Å². The summed E-state index contributed by atoms with van der Waals surface area (Å²) in [6.45, 7) is 14.1. The highest BCUT2D eigenvalue weighted by Gasteiger charge is 2.56. The van der Waals surface area contributed by atoms with E-state index in [0.717, 1.165) is 25.9 Å². The van der Waals surface area contributed by atoms with Crippen LogP contribution in [0.15, 0.2) is 62.0 Å². The molecule has 426 valence electrons. The lowest BCUT2D eigenvalue weighted by molar-refractivity contribution is -0.162. The Balaban J connectivity index is 0.000000189. The lowest BCUT2D eigenvalue weighted by Gasteiger charge is -2.34. The maximum absolute atomic E-state index is 11.4. The molecule has 2 saturated heterocycles. The molecule has 34 heteroatoms. The molecule has 2 aliphatic carbocycles. The fourth-order valence-corrected chi connectivity index (χ4v) is 10.3. The van der Waals surface area contributed by atoms with Crippen LogP contribution in [0.2, 0.25) is 0 Å². The molecule has 2 aromatic rings. The first-order valence-electron chi connectivity index (χ1n) is 23.8. The highest BCUT2D eigenvalue weighted by atomic mass is 31.2. The van der Waals surface area contributed by atoms with E-state index < -0.39 is 84.6 Å². The quantitative estimate of drug-likeness (QED) is 0.0571. The molecular weight excluding hydrogens is 1080 g/mol. The molecule has 31 nitrogen and oxygen atoms in total. The molecule has 2 amide bonds. The van der Waals surface area contributed by atoms with Crippen molar-refractivity contribution in [3.8, 4) is 0 Å². The molecule has 6 unspecified atom stereocenters. The molecule has 6 heterocycles. The van der Waals surface area contributed by atoms with Crippen LogP contribution in [0, 0.1) is 11.8 Å². The van der Waals surface area contributed by atoms with Gasteiger partial charge >= 0.3 is 23.5 Å². The number of phosphoric ester groups is 3. The maximum Gasteiger partial charge on any atom is 0.469 e. The Morgan fingerprint density at radius 3 is 1.88 bits per heavy atom. The number of aliphatic hydroxyl groups is 4. The maximum atomic E-state index is 11.4. The lowest BCUT2D eigenvalue weighted by atomic mass is 10.1. The van der Waals surface area contributed by atoms with Gasteiger partial charge in [-0.3, -0.25) is 27.7 Å². The summed E-state index contributed by atoms with van der Waals surface area (Å²) < 4.78 is 70.4. The van der Waals surface area contributed by atoms with Gasteiger partial charge in [-0.15, -0.1) is 0 Å². The van der Waals surface area contributed by atoms with E-state index in [0.29, 0.717) is 42.4 Å². The Kier molecular flexibility index (Phi) is 20.7. The second-order valence-corrected chi connectivity index (χ2v) is 22.4. The summed E-state index contributed by atoms with van der Waals surface area (Å²) in [7, 11) is -13.9. The molecule has 2 saturated carbocycles. The van der Waals surface area contributed by atoms with Crippen LogP contribution in [0.25, 0.3) is 11.2 Å². The highest BCUT2D eigenvalue weighted by molar-refractivity contribution is 7.46. The molecule has 76 heavy (non-hydrogen) atoms. The van der Waals surface area contributed by atoms with Gasteiger partial charge in [-0.05, 0) is 39.5 Å². The van der Waals surface area contributed by atoms with E-state index in [9.17, 15) is 43.7 Å². The largest absolute Gasteiger partial charge is 0.469 e. The van der Waals surface area contributed by atoms with Crippen LogP contribution in [-0.4, -0.2) is 191 Å². The number of ether oxygens (including phenoxy) is 4. The molecule has 0 spiro atoms. The van der Waals surface area contributed by atoms with Crippen molar-refractivity contribution in [3.63, 3.8) is 0 Å². The van der Waals surface area contributed by atoms with E-state index >= 15 is 0 Å². The van der Waals surface area contributed by atoms with Gasteiger partial charge in [0.05, 0.1) is 50.4 Å². The second kappa shape index (κ2) is 25.8. The van der Waals surface area contributed by atoms with Gasteiger partial charge in [0.15, 0.2) is 29.0 Å². The first-order valence-corrected chi connectivity index (χ1v) is 28.4. The van der Waals surface area contributed by atoms with Crippen LogP contribution in [0.1, 0.15) is 59.1 Å². The fraction of sp³-hybridized carbons (Fsp3) is 0.643. The summed E-state index contributed by atoms with van der Waals surface area (Å²) in [6, 6.07) is -0.763. The van der Waals surface area contributed by atoms with Crippen LogP contribution in [0.3, 0.4) is 0 Å². The van der Waals surface area contributed by atoms with Crippen LogP contribution in [0.5, 0.6) is 0 Å². The molecule has 13 N–H and O–H groups in total. The molecule has 2 aromatic heterocycles. The zero-order valence-electron chi connectivity index (χ0n) is 41.5. The van der Waals surface area contributed by atoms with Crippen LogP contribution in [-0.2, 0) is 55.8 Å². The third-order valence-electron chi connectivity index (χ3n) is 12.7. The van der Waals surface area contributed by atoms with Crippen molar-refractivity contribution < 1.29 is 106 Å². The second-order valence-electron chi connectivity index (χ2n) is 18.7. The van der Waals surface area contributed by atoms with Crippen LogP contribution < -0.4 is 16.0 Å². The van der Waals surface area contributed by atoms with Gasteiger partial charge < -0.3 is 94.5 Å². The van der Waals surface area contributed by atoms with Gasteiger partial charge in [-0.2, -0.15) is 0 Å². The van der Waals surface area contributed by atoms with Crippen LogP contribution >= 0.6 is 23.5 Å². The number of rotatable bonds is 20. The van der Waals surface area contributed by atoms with Crippen molar-refractivity contribution in [3.05, 3.63) is 62.0 Å². The molecule has 12 atom stereocenters. The number of carbonyl (C=O) groups excluding carboxylic acids is 2. The Morgan fingerprint density at radius 1 is 0.737 bits per heavy atom. The van der Waals surface area contributed by atoms with Crippen molar-refractivity contribution in [2.75, 3.05) is 44.9 Å². The number of nitrogens with zero attached hydrogens (tertiary/aromatic N) is 6. The number of hydrogen-bond donors (Lipinski definition) is 13. The Morgan fingerprint density at radius 2 is 1.29 bits per heavy atom. The molecular formula is C42H66N9O22P3. The molecule has 0 bridgehead atoms. The number of carbonyl (C=O) groups is 2. The number of amides is 2. The number of fused-ring (bicyclic) bond motifs is 2. The smallest absolute Gasteiger partial charge is 0.390 e. The lowest BCUT2D eigenvalue weighted by Crippen LogP contribution is -2.45. The van der Waals surface area contributed by atoms with Gasteiger partial charge in [-0.1, -0.05) is 26.5 Å². The standard InChI is InChI=1S/C17H28N5O8P.C14H21N2O7P.C11H17N2O7P/c1-2-3-6-28-7-4-5-18-15-12-16(20-9-19-15)22(10-21-12)17-14(24)13(23)11(30-17)8-29-31(25,26)27;1-8-15-11(17)4-5-16(8)10-6-9(7-21-24(18,19)20)12-13(10)23-14(2,3)22-12;1-6-12-9(14)2-3-13(6)8-4-7(10(15)11(8)16)5-20-21(17,18)19/h9-11,13-14,17,23-24H,2-8H2,1H3,(H,18,19,20)(H2,25,26,27);4-5,9-10,12-13H,1,6-7H2,2-3H3,(H,15,17)(H2,18,19,20);2-3,7-8,10-11,15-16H,1,4-5H2,(H,12,14)(H2,17,18,19)/t11?,13-,14?,17-;9?,10-,12-,13?;7?,8-,10-,11?/m111/s1. The number of nitrogens with one attached hydrogen (secondary N) is 3. The summed E-state index contributed by atoms with van der Waals surface area (Å²) in [5.74, 6) is -1.11. The summed E-state index contributed by atoms with van der Waals surface area (Å²) in [5.41, 5.74) is 0.819. The van der Waals surface area contributed by atoms with E-state index in [1.165, 1.54) is 40.5 Å². The van der Waals surface area contributed by atoms with Gasteiger partial charge in [0.2, 0.25) is 0 Å². The average Bonchev–Trinajstić information content (AvgIpc) is 4.12. The van der Waals surface area contributed by atoms with E-state index in [4.69, 9.17) is 48.3 Å². The minimum Gasteiger partial charge on any atom is -0.390 e. The number of phosphoric acid groups is 3. The first-order chi connectivity index (χ1) is 35.6. The first kappa shape index (κ1) is 61.1. The molecule has 8 rings (SSSR count). The van der Waals surface area contributed by atoms with Gasteiger partial charge in [0.1, 0.15) is 48.5 Å². The van der Waals surface area contributed by atoms with Crippen molar-refractivity contribution in [2.45, 2.75) is 120 Å². The van der Waals surface area contributed by atoms with Crippen molar-refractivity contribution in [2.24, 2.45) is 11.8 Å². The Hall–Kier alpha value is -4.14. The number of hydrogen-bond acceptors (Lipinski definition) is 22. The molecule has 0 aromatic carbocycles. The minimum absolute atomic E-state index is 0.141. The number of aliphatic hydroxyl groups excluding tert-OH is 4. The summed E-state index contributed by atoms with van der Waals surface area (Å²) >= 11 is 0. The predicted molar refractivity (Wildman–Crippen MR) is 260 cm³/mol. The minimum atomic E-state index is -4.74. The van der Waals surface area contributed by atoms with Crippen LogP contribution in [0.4, 0.5) is 5.82 Å². The predicted octanol–water partition coefficient (Wildman–Crippen LogP) is -0.783. The number of imidazole rings is 1. The van der Waals surface area contributed by atoms with Crippen molar-refractivity contribution >= 4 is 52.3 Å². The fourth-order valence-electron chi connectivity index (χ4n) is 9.18. The zero-order valence-corrected chi connectivity index (χ0v) is 44.2. The van der Waals surface area contributed by atoms with Crippen molar-refractivity contribution in [1.29, 1.82) is 0 Å². The SMILES string of the molecule is C=C1NC(=O)C=CN1[C@@H]1CC(COP(=O)(O)O)[C@@H](O)C1O.C=C1NC(=O)C=CN1[C@@H]1CC(COP(=O)(O)O)[C@H]2OC(C)(C)OC21.CCCCOCCCNc1ncnc2c1ncn2[C@@H]1OC(COP(=O)(O)O)[C@@H](O)C1O. The summed E-state index contributed by atoms with van der Waals surface area (Å²) in [6.07, 6.45) is 4.05. The van der Waals surface area contributed by atoms with E-state index in [1.54, 1.807) is 24.9 Å². The third kappa shape index (κ3) is 16.5. The monoisotopic (exact) mass is 1140 g/mol. The van der Waals surface area contributed by atoms with E-state index in [-0.39, 0.29) is 61.4 Å². The Labute approximate surface area is 435 Å².